The minimum absolute atomic E-state index is 0.0246. The van der Waals surface area contributed by atoms with E-state index in [9.17, 15) is 22.0 Å². The molecule has 0 atom stereocenters. The highest BCUT2D eigenvalue weighted by molar-refractivity contribution is 4.99. The maximum absolute atomic E-state index is 12.2. The Hall–Kier alpha value is -0.910. The maximum atomic E-state index is 12.2. The molecule has 0 aliphatic heterocycles. The molecule has 0 aromatic carbocycles. The summed E-state index contributed by atoms with van der Waals surface area (Å²) >= 11 is 0. The third-order valence-corrected chi connectivity index (χ3v) is 1.03. The van der Waals surface area contributed by atoms with E-state index in [0.29, 0.717) is 0 Å². The van der Waals surface area contributed by atoms with Gasteiger partial charge in [-0.2, -0.15) is 22.0 Å². The first kappa shape index (κ1) is 12.1. The van der Waals surface area contributed by atoms with E-state index < -0.39 is 24.6 Å². The molecule has 0 N–H and O–H groups in total. The van der Waals surface area contributed by atoms with Crippen LogP contribution in [0.15, 0.2) is 24.6 Å². The fourth-order valence-corrected chi connectivity index (χ4v) is 0.444. The van der Waals surface area contributed by atoms with E-state index in [4.69, 9.17) is 0 Å². The van der Waals surface area contributed by atoms with E-state index in [1.807, 2.05) is 0 Å². The van der Waals surface area contributed by atoms with Gasteiger partial charge in [-0.1, -0.05) is 6.08 Å². The van der Waals surface area contributed by atoms with Gasteiger partial charge in [0, 0.05) is 0 Å². The Morgan fingerprint density at radius 1 is 1.31 bits per heavy atom. The molecule has 1 nitrogen and oxygen atoms in total. The van der Waals surface area contributed by atoms with Crippen LogP contribution >= 0.6 is 0 Å². The Bertz CT molecular complexity index is 207. The molecule has 6 heteroatoms. The highest BCUT2D eigenvalue weighted by atomic mass is 19.3. The lowest BCUT2D eigenvalue weighted by Crippen LogP contribution is -2.22. The summed E-state index contributed by atoms with van der Waals surface area (Å²) in [5.74, 6) is -2.85. The van der Waals surface area contributed by atoms with Crippen LogP contribution in [0.3, 0.4) is 0 Å². The van der Waals surface area contributed by atoms with E-state index >= 15 is 0 Å². The molecule has 0 aromatic heterocycles. The Morgan fingerprint density at radius 2 is 1.85 bits per heavy atom. The Morgan fingerprint density at radius 3 is 2.23 bits per heavy atom. The zero-order valence-electron chi connectivity index (χ0n) is 6.50. The molecule has 0 saturated heterocycles. The van der Waals surface area contributed by atoms with Gasteiger partial charge >= 0.3 is 12.2 Å². The van der Waals surface area contributed by atoms with Crippen molar-refractivity contribution >= 4 is 0 Å². The summed E-state index contributed by atoms with van der Waals surface area (Å²) < 4.78 is 62.7. The van der Waals surface area contributed by atoms with Gasteiger partial charge in [0.25, 0.3) is 5.83 Å². The van der Waals surface area contributed by atoms with E-state index in [0.717, 1.165) is 0 Å². The minimum Gasteiger partial charge on any atom is -0.314 e. The molecule has 0 saturated carbocycles. The first-order valence-corrected chi connectivity index (χ1v) is 3.25. The molecule has 0 unspecified atom stereocenters. The van der Waals surface area contributed by atoms with Crippen molar-refractivity contribution in [2.24, 2.45) is 0 Å². The number of hydrogen-bond donors (Lipinski definition) is 0. The molecule has 13 heavy (non-hydrogen) atoms. The highest BCUT2D eigenvalue weighted by Gasteiger charge is 2.40. The molecular formula is C7H7F5O. The second-order valence-electron chi connectivity index (χ2n) is 2.02. The number of rotatable bonds is 5. The van der Waals surface area contributed by atoms with Gasteiger partial charge in [-0.15, -0.1) is 6.58 Å². The second-order valence-corrected chi connectivity index (χ2v) is 2.02. The maximum Gasteiger partial charge on any atom is 0.414 e. The first-order valence-electron chi connectivity index (χ1n) is 3.25. The molecule has 0 amide bonds. The second kappa shape index (κ2) is 4.96. The lowest BCUT2D eigenvalue weighted by Gasteiger charge is -2.12. The van der Waals surface area contributed by atoms with Gasteiger partial charge in [0.15, 0.2) is 0 Å². The summed E-state index contributed by atoms with van der Waals surface area (Å²) in [4.78, 5) is 0. The largest absolute Gasteiger partial charge is 0.414 e. The predicted molar refractivity (Wildman–Crippen MR) is 36.1 cm³/mol. The quantitative estimate of drug-likeness (QED) is 0.377. The van der Waals surface area contributed by atoms with Crippen molar-refractivity contribution in [2.75, 3.05) is 6.61 Å². The van der Waals surface area contributed by atoms with E-state index in [-0.39, 0.29) is 6.42 Å². The van der Waals surface area contributed by atoms with Crippen LogP contribution in [0.1, 0.15) is 6.42 Å². The van der Waals surface area contributed by atoms with Gasteiger partial charge in [0.1, 0.15) is 0 Å². The zero-order valence-corrected chi connectivity index (χ0v) is 6.50. The van der Waals surface area contributed by atoms with Crippen LogP contribution in [0.25, 0.3) is 0 Å². The minimum atomic E-state index is -4.55. The summed E-state index contributed by atoms with van der Waals surface area (Å²) in [6, 6.07) is 0. The fourth-order valence-electron chi connectivity index (χ4n) is 0.444. The average molecular weight is 202 g/mol. The van der Waals surface area contributed by atoms with Crippen LogP contribution in [0.5, 0.6) is 0 Å². The van der Waals surface area contributed by atoms with Gasteiger partial charge in [-0.25, -0.2) is 0 Å². The van der Waals surface area contributed by atoms with Crippen molar-refractivity contribution in [1.82, 2.24) is 0 Å². The molecule has 0 spiro atoms. The van der Waals surface area contributed by atoms with Gasteiger partial charge in [-0.05, 0) is 6.42 Å². The monoisotopic (exact) mass is 202 g/mol. The molecule has 76 valence electrons. The summed E-state index contributed by atoms with van der Waals surface area (Å²) in [5.41, 5.74) is 0. The molecule has 0 fully saturated rings. The Labute approximate surface area is 71.5 Å². The van der Waals surface area contributed by atoms with Crippen molar-refractivity contribution in [3.05, 3.63) is 24.6 Å². The summed E-state index contributed by atoms with van der Waals surface area (Å²) in [5, 5.41) is 0. The normalized spacial score (nSPS) is 11.2. The van der Waals surface area contributed by atoms with E-state index in [2.05, 4.69) is 11.3 Å². The van der Waals surface area contributed by atoms with E-state index in [1.54, 1.807) is 0 Å². The first-order chi connectivity index (χ1) is 5.91. The smallest absolute Gasteiger partial charge is 0.314 e. The van der Waals surface area contributed by atoms with Crippen molar-refractivity contribution < 1.29 is 26.7 Å². The summed E-state index contributed by atoms with van der Waals surface area (Å²) in [6.07, 6.45) is -6.37. The molecule has 0 radical (unpaired) electrons. The van der Waals surface area contributed by atoms with Gasteiger partial charge in [0.05, 0.1) is 6.61 Å². The van der Waals surface area contributed by atoms with Gasteiger partial charge in [-0.3, -0.25) is 0 Å². The average Bonchev–Trinajstić information content (AvgIpc) is 2.03. The summed E-state index contributed by atoms with van der Waals surface area (Å²) in [6.45, 7) is 2.61. The molecular weight excluding hydrogens is 195 g/mol. The number of alkyl halides is 2. The Kier molecular flexibility index (Phi) is 4.61. The van der Waals surface area contributed by atoms with Crippen LogP contribution in [-0.4, -0.2) is 12.7 Å². The van der Waals surface area contributed by atoms with E-state index in [1.165, 1.54) is 6.08 Å². The van der Waals surface area contributed by atoms with Crippen LogP contribution in [0.4, 0.5) is 22.0 Å². The van der Waals surface area contributed by atoms with Gasteiger partial charge in [0.2, 0.25) is 0 Å². The SMILES string of the molecule is C=CCCOC(F)(F)C(F)=C(F)F. The molecule has 0 bridgehead atoms. The standard InChI is InChI=1S/C7H7F5O/c1-2-3-4-13-7(11,12)5(8)6(9)10/h2H,1,3-4H2. The third kappa shape index (κ3) is 4.02. The molecule has 0 aliphatic carbocycles. The molecule has 0 aliphatic rings. The van der Waals surface area contributed by atoms with Crippen LogP contribution in [0, 0.1) is 0 Å². The van der Waals surface area contributed by atoms with Gasteiger partial charge < -0.3 is 4.74 Å². The topological polar surface area (TPSA) is 9.23 Å². The third-order valence-electron chi connectivity index (χ3n) is 1.03. The predicted octanol–water partition coefficient (Wildman–Crippen LogP) is 3.25. The zero-order chi connectivity index (χ0) is 10.5. The lowest BCUT2D eigenvalue weighted by molar-refractivity contribution is -0.221. The Balaban J connectivity index is 4.23. The molecule has 0 heterocycles. The van der Waals surface area contributed by atoms with Crippen molar-refractivity contribution in [3.8, 4) is 0 Å². The molecule has 0 rings (SSSR count). The van der Waals surface area contributed by atoms with Crippen LogP contribution < -0.4 is 0 Å². The molecule has 0 aromatic rings. The number of halogens is 5. The van der Waals surface area contributed by atoms with Crippen molar-refractivity contribution in [3.63, 3.8) is 0 Å². The van der Waals surface area contributed by atoms with Crippen molar-refractivity contribution in [1.29, 1.82) is 0 Å². The van der Waals surface area contributed by atoms with Crippen LogP contribution in [0.2, 0.25) is 0 Å². The highest BCUT2D eigenvalue weighted by Crippen LogP contribution is 2.30. The van der Waals surface area contributed by atoms with Crippen LogP contribution in [-0.2, 0) is 4.74 Å². The lowest BCUT2D eigenvalue weighted by atomic mass is 10.4. The fraction of sp³-hybridized carbons (Fsp3) is 0.429. The summed E-state index contributed by atoms with van der Waals surface area (Å²) in [7, 11) is 0. The van der Waals surface area contributed by atoms with Crippen molar-refractivity contribution in [2.45, 2.75) is 12.5 Å². The number of ether oxygens (including phenoxy) is 1. The number of hydrogen-bond acceptors (Lipinski definition) is 1.